The van der Waals surface area contributed by atoms with Crippen LogP contribution in [0.2, 0.25) is 0 Å². The van der Waals surface area contributed by atoms with Gasteiger partial charge in [0.05, 0.1) is 6.21 Å². The smallest absolute Gasteiger partial charge is 0.271 e. The highest BCUT2D eigenvalue weighted by atomic mass is 16.3. The van der Waals surface area contributed by atoms with Crippen molar-refractivity contribution in [2.45, 2.75) is 13.8 Å². The zero-order valence-electron chi connectivity index (χ0n) is 11.3. The summed E-state index contributed by atoms with van der Waals surface area (Å²) in [5.74, 6) is -0.154. The third-order valence-corrected chi connectivity index (χ3v) is 3.05. The summed E-state index contributed by atoms with van der Waals surface area (Å²) in [7, 11) is 0. The van der Waals surface area contributed by atoms with Gasteiger partial charge < -0.3 is 5.11 Å². The lowest BCUT2D eigenvalue weighted by molar-refractivity contribution is 0.0955. The zero-order chi connectivity index (χ0) is 14.5. The summed E-state index contributed by atoms with van der Waals surface area (Å²) >= 11 is 0. The van der Waals surface area contributed by atoms with E-state index in [2.05, 4.69) is 15.5 Å². The van der Waals surface area contributed by atoms with E-state index in [-0.39, 0.29) is 11.7 Å². The van der Waals surface area contributed by atoms with Crippen molar-refractivity contribution in [2.75, 3.05) is 0 Å². The molecule has 0 atom stereocenters. The van der Waals surface area contributed by atoms with Gasteiger partial charge in [-0.05, 0) is 43.2 Å². The van der Waals surface area contributed by atoms with Gasteiger partial charge in [0.15, 0.2) is 0 Å². The average molecular weight is 269 g/mol. The first-order valence-corrected chi connectivity index (χ1v) is 6.12. The summed E-state index contributed by atoms with van der Waals surface area (Å²) in [5.41, 5.74) is 5.23. The first-order chi connectivity index (χ1) is 9.59. The number of pyridine rings is 1. The molecule has 20 heavy (non-hydrogen) atoms. The molecule has 5 heteroatoms. The zero-order valence-corrected chi connectivity index (χ0v) is 11.3. The second-order valence-corrected chi connectivity index (χ2v) is 4.38. The molecule has 2 aromatic rings. The van der Waals surface area contributed by atoms with E-state index in [1.54, 1.807) is 18.2 Å². The second-order valence-electron chi connectivity index (χ2n) is 4.38. The van der Waals surface area contributed by atoms with E-state index in [1.165, 1.54) is 18.6 Å². The molecule has 5 nitrogen and oxygen atoms in total. The Bertz CT molecular complexity index is 652. The molecule has 0 aliphatic carbocycles. The predicted molar refractivity (Wildman–Crippen MR) is 76.9 cm³/mol. The maximum Gasteiger partial charge on any atom is 0.271 e. The minimum atomic E-state index is -0.327. The second kappa shape index (κ2) is 5.97. The quantitative estimate of drug-likeness (QED) is 0.662. The topological polar surface area (TPSA) is 74.6 Å². The molecule has 0 radical (unpaired) electrons. The van der Waals surface area contributed by atoms with Crippen LogP contribution in [0.25, 0.3) is 0 Å². The predicted octanol–water partition coefficient (Wildman–Crippen LogP) is 2.17. The number of phenolic OH excluding ortho intramolecular Hbond substituents is 1. The molecular weight excluding hydrogens is 254 g/mol. The Balaban J connectivity index is 2.08. The normalized spacial score (nSPS) is 10.7. The fraction of sp³-hybridized carbons (Fsp3) is 0.133. The van der Waals surface area contributed by atoms with Crippen molar-refractivity contribution in [3.05, 3.63) is 58.9 Å². The fourth-order valence-electron chi connectivity index (χ4n) is 1.65. The van der Waals surface area contributed by atoms with E-state index >= 15 is 0 Å². The van der Waals surface area contributed by atoms with Gasteiger partial charge in [-0.15, -0.1) is 0 Å². The number of hydrazone groups is 1. The molecule has 0 fully saturated rings. The molecule has 0 unspecified atom stereocenters. The van der Waals surface area contributed by atoms with Crippen molar-refractivity contribution in [3.63, 3.8) is 0 Å². The number of nitrogens with one attached hydrogen (secondary N) is 1. The Morgan fingerprint density at radius 3 is 2.65 bits per heavy atom. The number of rotatable bonds is 3. The SMILES string of the molecule is Cc1ccc(/C=N\NC(=O)c2ccncc2)c(O)c1C. The van der Waals surface area contributed by atoms with Crippen LogP contribution in [0.5, 0.6) is 5.75 Å². The van der Waals surface area contributed by atoms with Crippen LogP contribution in [-0.4, -0.2) is 22.2 Å². The Labute approximate surface area is 117 Å². The Kier molecular flexibility index (Phi) is 4.10. The third-order valence-electron chi connectivity index (χ3n) is 3.05. The largest absolute Gasteiger partial charge is 0.507 e. The number of carbonyl (C=O) groups excluding carboxylic acids is 1. The molecule has 1 heterocycles. The van der Waals surface area contributed by atoms with Crippen molar-refractivity contribution in [1.29, 1.82) is 0 Å². The van der Waals surface area contributed by atoms with Crippen molar-refractivity contribution < 1.29 is 9.90 Å². The van der Waals surface area contributed by atoms with Crippen LogP contribution >= 0.6 is 0 Å². The van der Waals surface area contributed by atoms with Crippen LogP contribution in [0, 0.1) is 13.8 Å². The van der Waals surface area contributed by atoms with Crippen molar-refractivity contribution in [2.24, 2.45) is 5.10 Å². The van der Waals surface area contributed by atoms with Gasteiger partial charge in [-0.1, -0.05) is 6.07 Å². The summed E-state index contributed by atoms with van der Waals surface area (Å²) in [6, 6.07) is 6.83. The molecule has 0 spiro atoms. The first-order valence-electron chi connectivity index (χ1n) is 6.12. The molecule has 0 aliphatic rings. The summed E-state index contributed by atoms with van der Waals surface area (Å²) < 4.78 is 0. The van der Waals surface area contributed by atoms with Gasteiger partial charge in [0.25, 0.3) is 5.91 Å². The number of benzene rings is 1. The van der Waals surface area contributed by atoms with Crippen LogP contribution in [-0.2, 0) is 0 Å². The summed E-state index contributed by atoms with van der Waals surface area (Å²) in [4.78, 5) is 15.6. The number of aryl methyl sites for hydroxylation is 1. The van der Waals surface area contributed by atoms with Gasteiger partial charge in [0.1, 0.15) is 5.75 Å². The van der Waals surface area contributed by atoms with Crippen LogP contribution in [0.4, 0.5) is 0 Å². The molecule has 2 N–H and O–H groups in total. The first kappa shape index (κ1) is 13.7. The highest BCUT2D eigenvalue weighted by molar-refractivity contribution is 5.95. The Hall–Kier alpha value is -2.69. The Morgan fingerprint density at radius 2 is 1.95 bits per heavy atom. The molecule has 102 valence electrons. The Morgan fingerprint density at radius 1 is 1.25 bits per heavy atom. The maximum atomic E-state index is 11.7. The number of hydrogen-bond acceptors (Lipinski definition) is 4. The van der Waals surface area contributed by atoms with E-state index in [0.717, 1.165) is 11.1 Å². The molecule has 1 amide bonds. The number of aromatic nitrogens is 1. The number of aromatic hydroxyl groups is 1. The van der Waals surface area contributed by atoms with Gasteiger partial charge in [-0.2, -0.15) is 5.10 Å². The molecule has 0 saturated heterocycles. The molecule has 2 rings (SSSR count). The van der Waals surface area contributed by atoms with E-state index in [1.807, 2.05) is 19.9 Å². The van der Waals surface area contributed by atoms with Gasteiger partial charge >= 0.3 is 0 Å². The highest BCUT2D eigenvalue weighted by Crippen LogP contribution is 2.23. The molecule has 0 aliphatic heterocycles. The standard InChI is InChI=1S/C15H15N3O2/c1-10-3-4-13(14(19)11(10)2)9-17-18-15(20)12-5-7-16-8-6-12/h3-9,19H,1-2H3,(H,18,20)/b17-9-. The van der Waals surface area contributed by atoms with Gasteiger partial charge in [-0.25, -0.2) is 5.43 Å². The third kappa shape index (κ3) is 3.00. The summed E-state index contributed by atoms with van der Waals surface area (Å²) in [6.07, 6.45) is 4.49. The number of nitrogens with zero attached hydrogens (tertiary/aromatic N) is 2. The van der Waals surface area contributed by atoms with E-state index in [0.29, 0.717) is 11.1 Å². The van der Waals surface area contributed by atoms with Crippen LogP contribution in [0.3, 0.4) is 0 Å². The van der Waals surface area contributed by atoms with Crippen molar-refractivity contribution >= 4 is 12.1 Å². The number of amides is 1. The molecule has 0 bridgehead atoms. The molecular formula is C15H15N3O2. The fourth-order valence-corrected chi connectivity index (χ4v) is 1.65. The van der Waals surface area contributed by atoms with Crippen LogP contribution in [0.1, 0.15) is 27.0 Å². The van der Waals surface area contributed by atoms with Crippen LogP contribution < -0.4 is 5.43 Å². The number of phenols is 1. The lowest BCUT2D eigenvalue weighted by atomic mass is 10.1. The minimum Gasteiger partial charge on any atom is -0.507 e. The number of carbonyl (C=O) groups is 1. The van der Waals surface area contributed by atoms with E-state index in [9.17, 15) is 9.90 Å². The minimum absolute atomic E-state index is 0.173. The lowest BCUT2D eigenvalue weighted by Gasteiger charge is -2.05. The molecule has 0 saturated carbocycles. The highest BCUT2D eigenvalue weighted by Gasteiger charge is 2.05. The summed E-state index contributed by atoms with van der Waals surface area (Å²) in [6.45, 7) is 3.75. The number of hydrogen-bond donors (Lipinski definition) is 2. The van der Waals surface area contributed by atoms with Gasteiger partial charge in [0, 0.05) is 23.5 Å². The summed E-state index contributed by atoms with van der Waals surface area (Å²) in [5, 5.41) is 13.8. The monoisotopic (exact) mass is 269 g/mol. The average Bonchev–Trinajstić information content (AvgIpc) is 2.48. The van der Waals surface area contributed by atoms with Crippen LogP contribution in [0.15, 0.2) is 41.8 Å². The van der Waals surface area contributed by atoms with Gasteiger partial charge in [0.2, 0.25) is 0 Å². The maximum absolute atomic E-state index is 11.7. The molecule has 1 aromatic carbocycles. The van der Waals surface area contributed by atoms with Crippen molar-refractivity contribution in [1.82, 2.24) is 10.4 Å². The van der Waals surface area contributed by atoms with E-state index in [4.69, 9.17) is 0 Å². The van der Waals surface area contributed by atoms with Crippen molar-refractivity contribution in [3.8, 4) is 5.75 Å². The molecule has 1 aromatic heterocycles. The lowest BCUT2D eigenvalue weighted by Crippen LogP contribution is -2.17. The van der Waals surface area contributed by atoms with Gasteiger partial charge in [-0.3, -0.25) is 9.78 Å². The van der Waals surface area contributed by atoms with E-state index < -0.39 is 0 Å².